The molecule has 2 N–H and O–H groups in total. The molecule has 0 bridgehead atoms. The van der Waals surface area contributed by atoms with Gasteiger partial charge in [0.05, 0.1) is 26.4 Å². The normalized spacial score (nSPS) is 15.9. The van der Waals surface area contributed by atoms with Crippen LogP contribution >= 0.6 is 0 Å². The van der Waals surface area contributed by atoms with Crippen molar-refractivity contribution in [3.8, 4) is 0 Å². The van der Waals surface area contributed by atoms with Crippen LogP contribution in [0.4, 0.5) is 0 Å². The van der Waals surface area contributed by atoms with Crippen molar-refractivity contribution >= 4 is 5.84 Å². The van der Waals surface area contributed by atoms with Crippen LogP contribution in [-0.4, -0.2) is 50.7 Å². The number of nitrogens with one attached hydrogen (secondary N) is 2. The van der Waals surface area contributed by atoms with E-state index in [9.17, 15) is 0 Å². The number of morpholine rings is 1. The standard InChI is InChI=1S/C16H23N3O2/c1-18-15(11-16(17)19-7-9-20-10-8-19)13-21-12-14-5-3-2-4-6-14/h2-6,11,17-18H,7-10,12-13H2,1H3/b15-11-,17-16?. The Morgan fingerprint density at radius 3 is 2.71 bits per heavy atom. The van der Waals surface area contributed by atoms with Crippen LogP contribution in [0, 0.1) is 5.41 Å². The van der Waals surface area contributed by atoms with E-state index in [1.54, 1.807) is 0 Å². The lowest BCUT2D eigenvalue weighted by molar-refractivity contribution is 0.0680. The van der Waals surface area contributed by atoms with E-state index in [1.807, 2.05) is 48.4 Å². The second kappa shape index (κ2) is 8.44. The van der Waals surface area contributed by atoms with Crippen LogP contribution in [0.5, 0.6) is 0 Å². The van der Waals surface area contributed by atoms with Gasteiger partial charge in [-0.05, 0) is 5.56 Å². The lowest BCUT2D eigenvalue weighted by Gasteiger charge is -2.28. The number of likely N-dealkylation sites (N-methyl/N-ethyl adjacent to an activating group) is 1. The maximum Gasteiger partial charge on any atom is 0.122 e. The zero-order chi connectivity index (χ0) is 14.9. The molecule has 1 aliphatic heterocycles. The van der Waals surface area contributed by atoms with Gasteiger partial charge in [-0.1, -0.05) is 30.3 Å². The van der Waals surface area contributed by atoms with E-state index >= 15 is 0 Å². The molecule has 0 spiro atoms. The summed E-state index contributed by atoms with van der Waals surface area (Å²) in [5.41, 5.74) is 2.05. The van der Waals surface area contributed by atoms with Gasteiger partial charge >= 0.3 is 0 Å². The number of ether oxygens (including phenoxy) is 2. The fourth-order valence-corrected chi connectivity index (χ4v) is 2.10. The summed E-state index contributed by atoms with van der Waals surface area (Å²) in [5, 5.41) is 11.2. The highest BCUT2D eigenvalue weighted by Crippen LogP contribution is 2.04. The summed E-state index contributed by atoms with van der Waals surface area (Å²) in [5.74, 6) is 0.506. The van der Waals surface area contributed by atoms with Crippen LogP contribution in [0.3, 0.4) is 0 Å². The molecule has 1 heterocycles. The fourth-order valence-electron chi connectivity index (χ4n) is 2.10. The number of amidine groups is 1. The van der Waals surface area contributed by atoms with Gasteiger partial charge in [0.15, 0.2) is 0 Å². The predicted molar refractivity (Wildman–Crippen MR) is 83.4 cm³/mol. The molecule has 114 valence electrons. The summed E-state index contributed by atoms with van der Waals surface area (Å²) < 4.78 is 11.0. The van der Waals surface area contributed by atoms with Crippen molar-refractivity contribution in [1.82, 2.24) is 10.2 Å². The Hall–Kier alpha value is -1.85. The van der Waals surface area contributed by atoms with Crippen molar-refractivity contribution in [3.63, 3.8) is 0 Å². The SMILES string of the molecule is CN/C(=C\C(=N)N1CCOCC1)COCc1ccccc1. The minimum atomic E-state index is 0.470. The van der Waals surface area contributed by atoms with Gasteiger partial charge in [-0.15, -0.1) is 0 Å². The minimum Gasteiger partial charge on any atom is -0.389 e. The van der Waals surface area contributed by atoms with Crippen LogP contribution in [-0.2, 0) is 16.1 Å². The number of nitrogens with zero attached hydrogens (tertiary/aromatic N) is 1. The van der Waals surface area contributed by atoms with Crippen LogP contribution in [0.25, 0.3) is 0 Å². The van der Waals surface area contributed by atoms with Gasteiger partial charge < -0.3 is 19.7 Å². The van der Waals surface area contributed by atoms with Gasteiger partial charge in [-0.3, -0.25) is 5.41 Å². The first-order valence-corrected chi connectivity index (χ1v) is 7.21. The first kappa shape index (κ1) is 15.5. The Labute approximate surface area is 126 Å². The second-order valence-electron chi connectivity index (χ2n) is 4.88. The summed E-state index contributed by atoms with van der Waals surface area (Å²) in [4.78, 5) is 2.01. The van der Waals surface area contributed by atoms with Crippen LogP contribution in [0.15, 0.2) is 42.1 Å². The van der Waals surface area contributed by atoms with Gasteiger partial charge in [0.2, 0.25) is 0 Å². The predicted octanol–water partition coefficient (Wildman–Crippen LogP) is 1.62. The zero-order valence-electron chi connectivity index (χ0n) is 12.5. The quantitative estimate of drug-likeness (QED) is 0.617. The first-order valence-electron chi connectivity index (χ1n) is 7.21. The highest BCUT2D eigenvalue weighted by Gasteiger charge is 2.12. The van der Waals surface area contributed by atoms with Gasteiger partial charge in [-0.25, -0.2) is 0 Å². The Kier molecular flexibility index (Phi) is 6.24. The third-order valence-corrected chi connectivity index (χ3v) is 3.35. The molecular weight excluding hydrogens is 266 g/mol. The largest absolute Gasteiger partial charge is 0.389 e. The van der Waals surface area contributed by atoms with E-state index in [-0.39, 0.29) is 0 Å². The average Bonchev–Trinajstić information content (AvgIpc) is 2.55. The minimum absolute atomic E-state index is 0.470. The molecule has 1 aromatic carbocycles. The molecule has 21 heavy (non-hydrogen) atoms. The third-order valence-electron chi connectivity index (χ3n) is 3.35. The second-order valence-corrected chi connectivity index (χ2v) is 4.88. The van der Waals surface area contributed by atoms with E-state index in [1.165, 1.54) is 0 Å². The zero-order valence-corrected chi connectivity index (χ0v) is 12.5. The first-order chi connectivity index (χ1) is 10.3. The van der Waals surface area contributed by atoms with Gasteiger partial charge in [-0.2, -0.15) is 0 Å². The molecule has 0 aromatic heterocycles. The van der Waals surface area contributed by atoms with E-state index < -0.39 is 0 Å². The van der Waals surface area contributed by atoms with Crippen molar-refractivity contribution in [2.75, 3.05) is 40.0 Å². The summed E-state index contributed by atoms with van der Waals surface area (Å²) in [6, 6.07) is 10.1. The van der Waals surface area contributed by atoms with Crippen molar-refractivity contribution in [2.24, 2.45) is 0 Å². The summed E-state index contributed by atoms with van der Waals surface area (Å²) in [6.45, 7) is 3.97. The van der Waals surface area contributed by atoms with E-state index in [4.69, 9.17) is 14.9 Å². The van der Waals surface area contributed by atoms with Crippen molar-refractivity contribution in [3.05, 3.63) is 47.7 Å². The van der Waals surface area contributed by atoms with Crippen LogP contribution in [0.2, 0.25) is 0 Å². The monoisotopic (exact) mass is 289 g/mol. The van der Waals surface area contributed by atoms with Gasteiger partial charge in [0, 0.05) is 31.9 Å². The smallest absolute Gasteiger partial charge is 0.122 e. The molecular formula is C16H23N3O2. The molecule has 5 nitrogen and oxygen atoms in total. The number of rotatable bonds is 6. The molecule has 0 aliphatic carbocycles. The lowest BCUT2D eigenvalue weighted by Crippen LogP contribution is -2.40. The summed E-state index contributed by atoms with van der Waals surface area (Å²) in [7, 11) is 1.85. The van der Waals surface area contributed by atoms with E-state index in [2.05, 4.69) is 5.32 Å². The molecule has 0 saturated carbocycles. The van der Waals surface area contributed by atoms with Crippen molar-refractivity contribution in [1.29, 1.82) is 5.41 Å². The average molecular weight is 289 g/mol. The van der Waals surface area contributed by atoms with E-state index in [0.717, 1.165) is 24.4 Å². The molecule has 0 radical (unpaired) electrons. The number of hydrogen-bond donors (Lipinski definition) is 2. The molecule has 1 saturated heterocycles. The Morgan fingerprint density at radius 2 is 2.05 bits per heavy atom. The molecule has 1 aliphatic rings. The molecule has 5 heteroatoms. The highest BCUT2D eigenvalue weighted by atomic mass is 16.5. The maximum absolute atomic E-state index is 8.11. The lowest BCUT2D eigenvalue weighted by atomic mass is 10.2. The van der Waals surface area contributed by atoms with Crippen LogP contribution < -0.4 is 5.32 Å². The highest BCUT2D eigenvalue weighted by molar-refractivity contribution is 5.90. The van der Waals surface area contributed by atoms with Gasteiger partial charge in [0.25, 0.3) is 0 Å². The van der Waals surface area contributed by atoms with Crippen molar-refractivity contribution < 1.29 is 9.47 Å². The molecule has 0 atom stereocenters. The molecule has 0 unspecified atom stereocenters. The molecule has 2 rings (SSSR count). The van der Waals surface area contributed by atoms with Gasteiger partial charge in [0.1, 0.15) is 5.84 Å². The molecule has 0 amide bonds. The fraction of sp³-hybridized carbons (Fsp3) is 0.438. The van der Waals surface area contributed by atoms with E-state index in [0.29, 0.717) is 32.3 Å². The summed E-state index contributed by atoms with van der Waals surface area (Å²) >= 11 is 0. The number of benzene rings is 1. The van der Waals surface area contributed by atoms with Crippen molar-refractivity contribution in [2.45, 2.75) is 6.61 Å². The Balaban J connectivity index is 1.81. The molecule has 1 aromatic rings. The summed E-state index contributed by atoms with van der Waals surface area (Å²) in [6.07, 6.45) is 1.83. The Bertz CT molecular complexity index is 468. The van der Waals surface area contributed by atoms with Crippen LogP contribution in [0.1, 0.15) is 5.56 Å². The maximum atomic E-state index is 8.11. The Morgan fingerprint density at radius 1 is 1.33 bits per heavy atom. The topological polar surface area (TPSA) is 57.6 Å². The third kappa shape index (κ3) is 5.21. The number of hydrogen-bond acceptors (Lipinski definition) is 4. The molecule has 1 fully saturated rings.